The number of alkyl halides is 1. The third-order valence-electron chi connectivity index (χ3n) is 5.81. The first-order valence-electron chi connectivity index (χ1n) is 13.0. The summed E-state index contributed by atoms with van der Waals surface area (Å²) >= 11 is 4.88. The Kier molecular flexibility index (Phi) is 25.9. The van der Waals surface area contributed by atoms with E-state index in [2.05, 4.69) is 25.4 Å². The number of methoxy groups -OCH3 is 6. The minimum atomic E-state index is -0.909. The summed E-state index contributed by atoms with van der Waals surface area (Å²) in [4.78, 5) is 33.7. The molecule has 11 nitrogen and oxygen atoms in total. The van der Waals surface area contributed by atoms with Gasteiger partial charge in [0.15, 0.2) is 0 Å². The number of carboxylic acid groups (broad SMARTS) is 1. The van der Waals surface area contributed by atoms with Crippen LogP contribution in [0.25, 0.3) is 0 Å². The van der Waals surface area contributed by atoms with Gasteiger partial charge in [0.05, 0.1) is 58.8 Å². The van der Waals surface area contributed by atoms with Crippen LogP contribution in [0.1, 0.15) is 47.8 Å². The van der Waals surface area contributed by atoms with Gasteiger partial charge in [0.25, 0.3) is 0 Å². The van der Waals surface area contributed by atoms with Crippen LogP contribution >= 0.6 is 27.7 Å². The molecule has 0 fully saturated rings. The van der Waals surface area contributed by atoms with Crippen molar-refractivity contribution < 1.29 is 82.6 Å². The van der Waals surface area contributed by atoms with Crippen molar-refractivity contribution in [2.45, 2.75) is 17.7 Å². The quantitative estimate of drug-likeness (QED) is 0.175. The summed E-state index contributed by atoms with van der Waals surface area (Å²) in [5.41, 5.74) is 3.58. The van der Waals surface area contributed by atoms with Crippen molar-refractivity contribution in [2.75, 3.05) is 56.0 Å². The summed E-state index contributed by atoms with van der Waals surface area (Å²) in [5.74, 6) is 0.946. The number of thioether (sulfide) groups is 1. The van der Waals surface area contributed by atoms with Crippen LogP contribution < -0.4 is 48.9 Å². The summed E-state index contributed by atoms with van der Waals surface area (Å²) in [6.07, 6.45) is 1.93. The molecule has 0 amide bonds. The molecule has 0 saturated carbocycles. The molecule has 3 aromatic carbocycles. The predicted octanol–water partition coefficient (Wildman–Crippen LogP) is 2.24. The first-order valence-corrected chi connectivity index (χ1v) is 15.5. The molecule has 248 valence electrons. The fraction of sp³-hybridized carbons (Fsp3) is 0.344. The summed E-state index contributed by atoms with van der Waals surface area (Å²) in [6, 6.07) is 15.5. The number of carbonyl (C=O) groups is 3. The van der Waals surface area contributed by atoms with Gasteiger partial charge in [-0.05, 0) is 42.7 Å². The molecule has 0 bridgehead atoms. The monoisotopic (exact) mass is 734 g/mol. The van der Waals surface area contributed by atoms with E-state index in [4.69, 9.17) is 29.2 Å². The van der Waals surface area contributed by atoms with Crippen molar-refractivity contribution in [3.05, 3.63) is 88.0 Å². The van der Waals surface area contributed by atoms with Gasteiger partial charge in [0, 0.05) is 34.9 Å². The molecule has 0 spiro atoms. The van der Waals surface area contributed by atoms with Crippen molar-refractivity contribution in [3.8, 4) is 17.2 Å². The summed E-state index contributed by atoms with van der Waals surface area (Å²) in [7, 11) is 9.69. The van der Waals surface area contributed by atoms with Crippen LogP contribution in [0.2, 0.25) is 0 Å². The SMILES string of the molecule is COC(=O)c1cccc(OC)c1CBr.COCc1c(OC)cccc1C(=O)OC.COc1cccc(C(=O)O)c1CSC.C[O-].[Na+]. The van der Waals surface area contributed by atoms with Crippen LogP contribution in [0.15, 0.2) is 54.6 Å². The molecule has 0 aliphatic carbocycles. The molecule has 0 aliphatic rings. The molecule has 46 heavy (non-hydrogen) atoms. The van der Waals surface area contributed by atoms with Gasteiger partial charge in [-0.15, -0.1) is 0 Å². The van der Waals surface area contributed by atoms with Gasteiger partial charge in [-0.25, -0.2) is 14.4 Å². The minimum Gasteiger partial charge on any atom is -0.857 e. The number of carbonyl (C=O) groups excluding carboxylic acids is 2. The fourth-order valence-corrected chi connectivity index (χ4v) is 4.96. The van der Waals surface area contributed by atoms with Crippen LogP contribution in [0.5, 0.6) is 17.2 Å². The average Bonchev–Trinajstić information content (AvgIpc) is 3.08. The molecular weight excluding hydrogens is 695 g/mol. The number of esters is 2. The summed E-state index contributed by atoms with van der Waals surface area (Å²) in [6.45, 7) is 0.314. The maximum Gasteiger partial charge on any atom is 1.00 e. The Morgan fingerprint density at radius 3 is 1.43 bits per heavy atom. The molecule has 0 radical (unpaired) electrons. The summed E-state index contributed by atoms with van der Waals surface area (Å²) in [5, 5.41) is 17.8. The van der Waals surface area contributed by atoms with E-state index in [9.17, 15) is 14.4 Å². The molecule has 14 heteroatoms. The van der Waals surface area contributed by atoms with Crippen LogP contribution in [0.4, 0.5) is 0 Å². The van der Waals surface area contributed by atoms with Gasteiger partial charge in [0.2, 0.25) is 0 Å². The molecular formula is C32H40BrNaO11S. The van der Waals surface area contributed by atoms with E-state index in [1.165, 1.54) is 14.2 Å². The second-order valence-corrected chi connectivity index (χ2v) is 9.67. The van der Waals surface area contributed by atoms with Crippen LogP contribution in [-0.4, -0.2) is 79.0 Å². The van der Waals surface area contributed by atoms with Crippen molar-refractivity contribution in [1.29, 1.82) is 0 Å². The van der Waals surface area contributed by atoms with E-state index in [-0.39, 0.29) is 41.5 Å². The Balaban J connectivity index is 0. The predicted molar refractivity (Wildman–Crippen MR) is 175 cm³/mol. The van der Waals surface area contributed by atoms with Crippen molar-refractivity contribution in [2.24, 2.45) is 0 Å². The van der Waals surface area contributed by atoms with Gasteiger partial charge < -0.3 is 38.6 Å². The topological polar surface area (TPSA) is 150 Å². The number of benzene rings is 3. The Morgan fingerprint density at radius 1 is 0.696 bits per heavy atom. The number of ether oxygens (including phenoxy) is 6. The maximum atomic E-state index is 11.4. The van der Waals surface area contributed by atoms with Crippen LogP contribution in [0, 0.1) is 0 Å². The molecule has 3 aromatic rings. The van der Waals surface area contributed by atoms with E-state index >= 15 is 0 Å². The smallest absolute Gasteiger partial charge is 0.857 e. The zero-order valence-electron chi connectivity index (χ0n) is 27.6. The Morgan fingerprint density at radius 2 is 1.09 bits per heavy atom. The maximum absolute atomic E-state index is 11.4. The number of rotatable bonds is 11. The van der Waals surface area contributed by atoms with E-state index in [1.54, 1.807) is 88.7 Å². The zero-order valence-corrected chi connectivity index (χ0v) is 32.0. The normalized spacial score (nSPS) is 9.26. The second-order valence-electron chi connectivity index (χ2n) is 8.25. The molecule has 0 saturated heterocycles. The summed E-state index contributed by atoms with van der Waals surface area (Å²) < 4.78 is 29.7. The largest absolute Gasteiger partial charge is 1.00 e. The van der Waals surface area contributed by atoms with E-state index in [0.29, 0.717) is 57.2 Å². The first-order chi connectivity index (χ1) is 21.7. The number of halogens is 1. The number of hydrogen-bond donors (Lipinski definition) is 1. The second kappa shape index (κ2) is 26.3. The van der Waals surface area contributed by atoms with Gasteiger partial charge >= 0.3 is 47.5 Å². The minimum absolute atomic E-state index is 0. The molecule has 0 atom stereocenters. The average molecular weight is 736 g/mol. The fourth-order valence-electron chi connectivity index (χ4n) is 3.80. The van der Waals surface area contributed by atoms with E-state index < -0.39 is 5.97 Å². The third kappa shape index (κ3) is 13.9. The van der Waals surface area contributed by atoms with Gasteiger partial charge in [-0.2, -0.15) is 18.9 Å². The van der Waals surface area contributed by atoms with Crippen LogP contribution in [-0.2, 0) is 31.9 Å². The van der Waals surface area contributed by atoms with Gasteiger partial charge in [0.1, 0.15) is 17.2 Å². The van der Waals surface area contributed by atoms with Crippen LogP contribution in [0.3, 0.4) is 0 Å². The van der Waals surface area contributed by atoms with Gasteiger partial charge in [-0.3, -0.25) is 0 Å². The Labute approximate surface area is 305 Å². The molecule has 0 unspecified atom stereocenters. The zero-order chi connectivity index (χ0) is 34.4. The van der Waals surface area contributed by atoms with Gasteiger partial charge in [-0.1, -0.05) is 34.1 Å². The molecule has 0 aliphatic heterocycles. The molecule has 1 N–H and O–H groups in total. The van der Waals surface area contributed by atoms with E-state index in [1.807, 2.05) is 12.3 Å². The molecule has 0 aromatic heterocycles. The van der Waals surface area contributed by atoms with Crippen molar-refractivity contribution in [1.82, 2.24) is 0 Å². The standard InChI is InChI=1S/C11H14O4.C10H11BrO3.C10H12O3S.CH3O.Na/c1-13-7-9-8(11(12)15-3)5-4-6-10(9)14-2;1-13-9-5-3-4-7(8(9)6-11)10(12)14-2;1-13-9-5-3-4-7(10(11)12)8(9)6-14-2;1-2;/h4-6H,7H2,1-3H3;3-5H,6H2,1-2H3;3-5H,6H2,1-2H3,(H,11,12);1H3;/q;;;-1;+1. The molecule has 3 rings (SSSR count). The van der Waals surface area contributed by atoms with E-state index in [0.717, 1.165) is 18.2 Å². The van der Waals surface area contributed by atoms with Crippen molar-refractivity contribution >= 4 is 45.6 Å². The Bertz CT molecular complexity index is 1360. The van der Waals surface area contributed by atoms with Crippen molar-refractivity contribution in [3.63, 3.8) is 0 Å². The number of aromatic carboxylic acids is 1. The Hall–Kier alpha value is -2.78. The third-order valence-corrected chi connectivity index (χ3v) is 6.95. The number of carboxylic acids is 1. The first kappa shape index (κ1) is 45.3. The molecule has 0 heterocycles. The number of hydrogen-bond acceptors (Lipinski definition) is 11.